The van der Waals surface area contributed by atoms with E-state index in [4.69, 9.17) is 19.2 Å². The fourth-order valence-electron chi connectivity index (χ4n) is 3.58. The van der Waals surface area contributed by atoms with Crippen LogP contribution < -0.4 is 14.4 Å². The highest BCUT2D eigenvalue weighted by molar-refractivity contribution is 7.22. The summed E-state index contributed by atoms with van der Waals surface area (Å²) in [5.41, 5.74) is 1.98. The molecular weight excluding hydrogens is 392 g/mol. The summed E-state index contributed by atoms with van der Waals surface area (Å²) in [6.45, 7) is 3.03. The van der Waals surface area contributed by atoms with Crippen molar-refractivity contribution < 1.29 is 19.0 Å². The van der Waals surface area contributed by atoms with Crippen LogP contribution in [0.5, 0.6) is 11.5 Å². The van der Waals surface area contributed by atoms with Gasteiger partial charge in [-0.3, -0.25) is 14.4 Å². The number of nitrogens with zero attached hydrogens (tertiary/aromatic N) is 4. The number of fused-ring (bicyclic) bond motifs is 1. The Kier molecular flexibility index (Phi) is 5.42. The number of hydrogen-bond acceptors (Lipinski definition) is 7. The van der Waals surface area contributed by atoms with Crippen molar-refractivity contribution in [2.45, 2.75) is 25.9 Å². The summed E-state index contributed by atoms with van der Waals surface area (Å²) >= 11 is 1.41. The summed E-state index contributed by atoms with van der Waals surface area (Å²) in [6.07, 6.45) is 1.91. The van der Waals surface area contributed by atoms with Crippen LogP contribution in [-0.2, 0) is 11.8 Å². The van der Waals surface area contributed by atoms with Crippen LogP contribution in [0.2, 0.25) is 0 Å². The number of anilines is 1. The van der Waals surface area contributed by atoms with Crippen molar-refractivity contribution in [3.05, 3.63) is 29.6 Å². The van der Waals surface area contributed by atoms with Gasteiger partial charge in [-0.15, -0.1) is 0 Å². The van der Waals surface area contributed by atoms with Crippen LogP contribution >= 0.6 is 11.3 Å². The van der Waals surface area contributed by atoms with E-state index in [0.717, 1.165) is 29.8 Å². The number of rotatable bonds is 6. The van der Waals surface area contributed by atoms with Gasteiger partial charge in [0, 0.05) is 13.7 Å². The Bertz CT molecular complexity index is 998. The van der Waals surface area contributed by atoms with Gasteiger partial charge >= 0.3 is 0 Å². The van der Waals surface area contributed by atoms with Gasteiger partial charge < -0.3 is 14.2 Å². The van der Waals surface area contributed by atoms with E-state index >= 15 is 0 Å². The number of amides is 1. The number of carbonyl (C=O) groups excluding carboxylic acids is 1. The molecule has 2 aromatic heterocycles. The summed E-state index contributed by atoms with van der Waals surface area (Å²) in [7, 11) is 5.00. The number of hydrogen-bond donors (Lipinski definition) is 0. The van der Waals surface area contributed by atoms with E-state index in [9.17, 15) is 4.79 Å². The average Bonchev–Trinajstić information content (AvgIpc) is 3.44. The van der Waals surface area contributed by atoms with Crippen molar-refractivity contribution >= 4 is 32.6 Å². The van der Waals surface area contributed by atoms with E-state index in [0.29, 0.717) is 34.4 Å². The molecule has 0 bridgehead atoms. The number of thiazole rings is 1. The molecule has 0 spiro atoms. The third kappa shape index (κ3) is 3.67. The monoisotopic (exact) mass is 416 g/mol. The van der Waals surface area contributed by atoms with Gasteiger partial charge in [-0.05, 0) is 38.0 Å². The molecule has 4 rings (SSSR count). The fraction of sp³-hybridized carbons (Fsp3) is 0.450. The van der Waals surface area contributed by atoms with Crippen LogP contribution in [-0.4, -0.2) is 54.1 Å². The first-order chi connectivity index (χ1) is 14.0. The molecule has 29 heavy (non-hydrogen) atoms. The molecule has 0 N–H and O–H groups in total. The normalized spacial score (nSPS) is 16.3. The van der Waals surface area contributed by atoms with Gasteiger partial charge in [0.15, 0.2) is 5.13 Å². The number of aromatic nitrogens is 3. The molecule has 1 atom stereocenters. The molecule has 3 aromatic rings. The predicted octanol–water partition coefficient (Wildman–Crippen LogP) is 3.18. The van der Waals surface area contributed by atoms with Gasteiger partial charge in [0.1, 0.15) is 27.4 Å². The molecule has 0 radical (unpaired) electrons. The van der Waals surface area contributed by atoms with Crippen LogP contribution in [0.4, 0.5) is 5.13 Å². The van der Waals surface area contributed by atoms with E-state index in [1.165, 1.54) is 11.3 Å². The van der Waals surface area contributed by atoms with Crippen molar-refractivity contribution in [3.63, 3.8) is 0 Å². The fourth-order valence-corrected chi connectivity index (χ4v) is 4.66. The number of carbonyl (C=O) groups is 1. The van der Waals surface area contributed by atoms with E-state index in [1.54, 1.807) is 36.9 Å². The minimum atomic E-state index is -0.152. The summed E-state index contributed by atoms with van der Waals surface area (Å²) in [5, 5.41) is 4.90. The number of aryl methyl sites for hydroxylation is 2. The highest BCUT2D eigenvalue weighted by Gasteiger charge is 2.29. The lowest BCUT2D eigenvalue weighted by Gasteiger charge is -2.23. The van der Waals surface area contributed by atoms with Gasteiger partial charge in [0.2, 0.25) is 0 Å². The number of benzene rings is 1. The highest BCUT2D eigenvalue weighted by atomic mass is 32.1. The molecule has 154 valence electrons. The average molecular weight is 417 g/mol. The quantitative estimate of drug-likeness (QED) is 0.614. The van der Waals surface area contributed by atoms with Crippen LogP contribution in [0, 0.1) is 6.92 Å². The molecule has 0 aliphatic carbocycles. The second-order valence-electron chi connectivity index (χ2n) is 6.99. The Labute approximate surface area is 173 Å². The Morgan fingerprint density at radius 2 is 2.10 bits per heavy atom. The van der Waals surface area contributed by atoms with Crippen LogP contribution in [0.1, 0.15) is 29.0 Å². The maximum atomic E-state index is 13.5. The molecule has 9 heteroatoms. The van der Waals surface area contributed by atoms with Crippen LogP contribution in [0.25, 0.3) is 10.2 Å². The lowest BCUT2D eigenvalue weighted by Crippen LogP contribution is -2.38. The molecule has 1 saturated heterocycles. The largest absolute Gasteiger partial charge is 0.495 e. The first-order valence-electron chi connectivity index (χ1n) is 9.47. The lowest BCUT2D eigenvalue weighted by molar-refractivity contribution is 0.0909. The van der Waals surface area contributed by atoms with Gasteiger partial charge in [-0.25, -0.2) is 4.98 Å². The molecular formula is C20H24N4O4S. The molecule has 0 saturated carbocycles. The Morgan fingerprint density at radius 3 is 2.72 bits per heavy atom. The van der Waals surface area contributed by atoms with Crippen molar-refractivity contribution in [1.29, 1.82) is 0 Å². The van der Waals surface area contributed by atoms with Gasteiger partial charge in [-0.1, -0.05) is 11.3 Å². The Balaban J connectivity index is 1.80. The predicted molar refractivity (Wildman–Crippen MR) is 111 cm³/mol. The zero-order valence-electron chi connectivity index (χ0n) is 17.0. The second-order valence-corrected chi connectivity index (χ2v) is 7.97. The Hall–Kier alpha value is -2.65. The maximum absolute atomic E-state index is 13.5. The van der Waals surface area contributed by atoms with Crippen LogP contribution in [0.15, 0.2) is 18.2 Å². The topological polar surface area (TPSA) is 78.7 Å². The summed E-state index contributed by atoms with van der Waals surface area (Å²) in [5.74, 6) is 1.19. The first kappa shape index (κ1) is 19.7. The second kappa shape index (κ2) is 8.00. The van der Waals surface area contributed by atoms with Crippen molar-refractivity contribution in [2.75, 3.05) is 32.3 Å². The minimum Gasteiger partial charge on any atom is -0.495 e. The standard InChI is InChI=1S/C20H24N4O4S/c1-12-10-14(23(2)22-12)19(25)24(11-13-6-5-9-28-13)20-21-17-15(26-3)7-8-16(27-4)18(17)29-20/h7-8,10,13H,5-6,9,11H2,1-4H3/t13-/m1/s1. The molecule has 1 amide bonds. The molecule has 1 fully saturated rings. The lowest BCUT2D eigenvalue weighted by atomic mass is 10.2. The molecule has 3 heterocycles. The zero-order chi connectivity index (χ0) is 20.5. The Morgan fingerprint density at radius 1 is 1.34 bits per heavy atom. The molecule has 1 aromatic carbocycles. The molecule has 0 unspecified atom stereocenters. The van der Waals surface area contributed by atoms with E-state index in [2.05, 4.69) is 5.10 Å². The van der Waals surface area contributed by atoms with Crippen molar-refractivity contribution in [1.82, 2.24) is 14.8 Å². The summed E-state index contributed by atoms with van der Waals surface area (Å²) in [6, 6.07) is 5.46. The van der Waals surface area contributed by atoms with Gasteiger partial charge in [0.05, 0.1) is 32.6 Å². The van der Waals surface area contributed by atoms with E-state index in [1.807, 2.05) is 19.1 Å². The van der Waals surface area contributed by atoms with Crippen LogP contribution in [0.3, 0.4) is 0 Å². The van der Waals surface area contributed by atoms with Gasteiger partial charge in [0.25, 0.3) is 5.91 Å². The van der Waals surface area contributed by atoms with E-state index < -0.39 is 0 Å². The molecule has 1 aliphatic heterocycles. The van der Waals surface area contributed by atoms with Crippen molar-refractivity contribution in [3.8, 4) is 11.5 Å². The number of ether oxygens (including phenoxy) is 3. The minimum absolute atomic E-state index is 0.0101. The van der Waals surface area contributed by atoms with Gasteiger partial charge in [-0.2, -0.15) is 5.10 Å². The molecule has 8 nitrogen and oxygen atoms in total. The zero-order valence-corrected chi connectivity index (χ0v) is 17.8. The smallest absolute Gasteiger partial charge is 0.278 e. The summed E-state index contributed by atoms with van der Waals surface area (Å²) in [4.78, 5) is 19.9. The van der Waals surface area contributed by atoms with Crippen molar-refractivity contribution in [2.24, 2.45) is 7.05 Å². The SMILES string of the molecule is COc1ccc(OC)c2sc(N(C[C@H]3CCCO3)C(=O)c3cc(C)nn3C)nc12. The summed E-state index contributed by atoms with van der Waals surface area (Å²) < 4.78 is 19.2. The van der Waals surface area contributed by atoms with E-state index in [-0.39, 0.29) is 12.0 Å². The first-order valence-corrected chi connectivity index (χ1v) is 10.3. The maximum Gasteiger partial charge on any atom is 0.278 e. The number of methoxy groups -OCH3 is 2. The molecule has 1 aliphatic rings. The third-order valence-corrected chi connectivity index (χ3v) is 6.10. The highest BCUT2D eigenvalue weighted by Crippen LogP contribution is 2.40. The third-order valence-electron chi connectivity index (χ3n) is 5.01.